The molecule has 2 aromatic carbocycles. The van der Waals surface area contributed by atoms with Crippen LogP contribution in [0.25, 0.3) is 44.4 Å². The van der Waals surface area contributed by atoms with Gasteiger partial charge in [0.25, 0.3) is 0 Å². The SMILES string of the molecule is Nn1cnc2ccccc21.Nn1cnc2cccnc21.Nn1nnc2ccccc21.Nn1nnc2cccnc21. The first kappa shape index (κ1) is 25.3. The molecule has 8 aromatic rings. The summed E-state index contributed by atoms with van der Waals surface area (Å²) in [6, 6.07) is 22.6. The third kappa shape index (κ3) is 5.49. The molecule has 16 nitrogen and oxygen atoms in total. The Morgan fingerprint density at radius 1 is 0.450 bits per heavy atom. The van der Waals surface area contributed by atoms with Crippen molar-refractivity contribution in [1.82, 2.24) is 59.5 Å². The molecule has 0 aliphatic rings. The zero-order valence-corrected chi connectivity index (χ0v) is 20.9. The lowest BCUT2D eigenvalue weighted by Crippen LogP contribution is -2.10. The second-order valence-corrected chi connectivity index (χ2v) is 8.04. The van der Waals surface area contributed by atoms with Crippen LogP contribution in [-0.4, -0.2) is 59.5 Å². The molecule has 200 valence electrons. The minimum atomic E-state index is 0.600. The fourth-order valence-corrected chi connectivity index (χ4v) is 3.51. The summed E-state index contributed by atoms with van der Waals surface area (Å²) in [6.45, 7) is 0. The fraction of sp³-hybridized carbons (Fsp3) is 0. The summed E-state index contributed by atoms with van der Waals surface area (Å²) in [5.41, 5.74) is 6.42. The van der Waals surface area contributed by atoms with Crippen LogP contribution in [0.2, 0.25) is 0 Å². The molecule has 0 aliphatic carbocycles. The molecular weight excluding hydrogens is 512 g/mol. The van der Waals surface area contributed by atoms with E-state index in [-0.39, 0.29) is 0 Å². The van der Waals surface area contributed by atoms with Crippen LogP contribution in [0.5, 0.6) is 0 Å². The molecule has 0 aliphatic heterocycles. The highest BCUT2D eigenvalue weighted by atomic mass is 15.6. The van der Waals surface area contributed by atoms with Crippen molar-refractivity contribution in [2.45, 2.75) is 0 Å². The van der Waals surface area contributed by atoms with Crippen LogP contribution in [0.15, 0.2) is 97.8 Å². The Kier molecular flexibility index (Phi) is 7.21. The number of imidazole rings is 2. The van der Waals surface area contributed by atoms with Gasteiger partial charge in [-0.15, -0.1) is 15.0 Å². The van der Waals surface area contributed by atoms with E-state index in [1.807, 2.05) is 60.7 Å². The molecule has 0 unspecified atom stereocenters. The molecule has 0 amide bonds. The number of hydrogen-bond donors (Lipinski definition) is 4. The predicted molar refractivity (Wildman–Crippen MR) is 151 cm³/mol. The number of para-hydroxylation sites is 3. The summed E-state index contributed by atoms with van der Waals surface area (Å²) in [5.74, 6) is 21.8. The minimum absolute atomic E-state index is 0.600. The molecule has 0 saturated carbocycles. The lowest BCUT2D eigenvalue weighted by Gasteiger charge is -1.90. The quantitative estimate of drug-likeness (QED) is 0.195. The fourth-order valence-electron chi connectivity index (χ4n) is 3.51. The van der Waals surface area contributed by atoms with Gasteiger partial charge in [0, 0.05) is 12.4 Å². The Bertz CT molecular complexity index is 1690. The summed E-state index contributed by atoms with van der Waals surface area (Å²) in [4.78, 5) is 18.4. The first-order valence-corrected chi connectivity index (χ1v) is 11.7. The number of hydrogen-bond acceptors (Lipinski definition) is 12. The number of nitrogen functional groups attached to an aromatic ring is 4. The summed E-state index contributed by atoms with van der Waals surface area (Å²) in [6.07, 6.45) is 6.48. The standard InChI is InChI=1S/C7H7N3.2C6H6N4.C5H5N5/c8-10-5-9-6-3-1-2-4-7(6)10;7-10-4-9-5-2-1-3-8-6(5)10;7-10-6-4-2-1-3-5(6)8-9-10;6-10-5-4(8-9-10)2-1-3-7-5/h1-5H,8H2;2*1-4H,7H2;1-3H,6H2. The van der Waals surface area contributed by atoms with Gasteiger partial charge in [-0.2, -0.15) is 4.79 Å². The minimum Gasteiger partial charge on any atom is -0.338 e. The van der Waals surface area contributed by atoms with Crippen LogP contribution in [0.3, 0.4) is 0 Å². The van der Waals surface area contributed by atoms with Gasteiger partial charge in [-0.3, -0.25) is 0 Å². The number of nitrogens with zero attached hydrogens (tertiary/aromatic N) is 12. The monoisotopic (exact) mass is 536 g/mol. The van der Waals surface area contributed by atoms with Gasteiger partial charge in [-0.05, 0) is 59.0 Å². The van der Waals surface area contributed by atoms with Crippen molar-refractivity contribution in [1.29, 1.82) is 0 Å². The molecule has 8 rings (SSSR count). The number of fused-ring (bicyclic) bond motifs is 4. The second-order valence-electron chi connectivity index (χ2n) is 8.04. The van der Waals surface area contributed by atoms with Gasteiger partial charge >= 0.3 is 0 Å². The van der Waals surface area contributed by atoms with Crippen molar-refractivity contribution in [3.05, 3.63) is 97.8 Å². The molecule has 16 heteroatoms. The first-order valence-electron chi connectivity index (χ1n) is 11.7. The van der Waals surface area contributed by atoms with Gasteiger partial charge in [-0.1, -0.05) is 24.3 Å². The van der Waals surface area contributed by atoms with Gasteiger partial charge in [-0.25, -0.2) is 29.3 Å². The maximum atomic E-state index is 5.53. The topological polar surface area (TPSA) is 227 Å². The Morgan fingerprint density at radius 3 is 1.70 bits per heavy atom. The lowest BCUT2D eigenvalue weighted by molar-refractivity contribution is 0.780. The van der Waals surface area contributed by atoms with Crippen molar-refractivity contribution in [2.24, 2.45) is 0 Å². The average molecular weight is 537 g/mol. The van der Waals surface area contributed by atoms with E-state index in [0.717, 1.165) is 32.4 Å². The normalized spacial score (nSPS) is 10.4. The highest BCUT2D eigenvalue weighted by Gasteiger charge is 1.99. The Morgan fingerprint density at radius 2 is 1.00 bits per heavy atom. The number of pyridine rings is 2. The van der Waals surface area contributed by atoms with Crippen molar-refractivity contribution >= 4 is 44.4 Å². The zero-order chi connectivity index (χ0) is 27.9. The molecule has 8 N–H and O–H groups in total. The van der Waals surface area contributed by atoms with Gasteiger partial charge in [0.15, 0.2) is 5.65 Å². The van der Waals surface area contributed by atoms with Gasteiger partial charge in [0.1, 0.15) is 34.7 Å². The molecule has 40 heavy (non-hydrogen) atoms. The molecular formula is C24H24N16. The zero-order valence-electron chi connectivity index (χ0n) is 20.9. The predicted octanol–water partition coefficient (Wildman–Crippen LogP) is 0.580. The number of nitrogens with two attached hydrogens (primary N) is 4. The first-order chi connectivity index (χ1) is 19.5. The van der Waals surface area contributed by atoms with E-state index in [2.05, 4.69) is 40.6 Å². The number of benzene rings is 2. The van der Waals surface area contributed by atoms with Gasteiger partial charge < -0.3 is 23.4 Å². The van der Waals surface area contributed by atoms with E-state index in [1.165, 1.54) is 20.5 Å². The Balaban J connectivity index is 0.000000108. The van der Waals surface area contributed by atoms with E-state index >= 15 is 0 Å². The highest BCUT2D eigenvalue weighted by Crippen LogP contribution is 2.08. The summed E-state index contributed by atoms with van der Waals surface area (Å²) < 4.78 is 2.91. The van der Waals surface area contributed by atoms with Crippen LogP contribution in [-0.2, 0) is 0 Å². The van der Waals surface area contributed by atoms with Crippen LogP contribution in [0.4, 0.5) is 0 Å². The molecule has 0 radical (unpaired) electrons. The van der Waals surface area contributed by atoms with Crippen LogP contribution in [0.1, 0.15) is 0 Å². The average Bonchev–Trinajstić information content (AvgIpc) is 3.78. The maximum absolute atomic E-state index is 5.53. The van der Waals surface area contributed by atoms with Gasteiger partial charge in [0.05, 0.1) is 11.0 Å². The van der Waals surface area contributed by atoms with E-state index in [4.69, 9.17) is 23.4 Å². The van der Waals surface area contributed by atoms with Crippen LogP contribution < -0.4 is 23.4 Å². The van der Waals surface area contributed by atoms with Crippen molar-refractivity contribution in [2.75, 3.05) is 23.4 Å². The third-order valence-electron chi connectivity index (χ3n) is 5.42. The third-order valence-corrected chi connectivity index (χ3v) is 5.42. The molecule has 0 saturated heterocycles. The second kappa shape index (κ2) is 11.4. The van der Waals surface area contributed by atoms with Crippen molar-refractivity contribution < 1.29 is 0 Å². The van der Waals surface area contributed by atoms with Crippen molar-refractivity contribution in [3.63, 3.8) is 0 Å². The number of aromatic nitrogens is 12. The maximum Gasteiger partial charge on any atom is 0.201 e. The molecule has 6 heterocycles. The molecule has 0 atom stereocenters. The highest BCUT2D eigenvalue weighted by molar-refractivity contribution is 5.75. The Labute approximate surface area is 225 Å². The lowest BCUT2D eigenvalue weighted by atomic mass is 10.3. The van der Waals surface area contributed by atoms with E-state index in [0.29, 0.717) is 16.8 Å². The summed E-state index contributed by atoms with van der Waals surface area (Å²) in [7, 11) is 0. The van der Waals surface area contributed by atoms with Crippen molar-refractivity contribution in [3.8, 4) is 0 Å². The summed E-state index contributed by atoms with van der Waals surface area (Å²) >= 11 is 0. The van der Waals surface area contributed by atoms with Gasteiger partial charge in [0.2, 0.25) is 5.65 Å². The molecule has 0 bridgehead atoms. The largest absolute Gasteiger partial charge is 0.338 e. The van der Waals surface area contributed by atoms with E-state index in [1.54, 1.807) is 30.9 Å². The van der Waals surface area contributed by atoms with Crippen LogP contribution in [0, 0.1) is 0 Å². The number of rotatable bonds is 0. The molecule has 0 spiro atoms. The molecule has 6 aromatic heterocycles. The van der Waals surface area contributed by atoms with E-state index < -0.39 is 0 Å². The van der Waals surface area contributed by atoms with E-state index in [9.17, 15) is 0 Å². The smallest absolute Gasteiger partial charge is 0.201 e. The van der Waals surface area contributed by atoms with Crippen LogP contribution >= 0.6 is 0 Å². The Hall–Kier alpha value is -6.32. The molecule has 0 fully saturated rings. The summed E-state index contributed by atoms with van der Waals surface area (Å²) in [5, 5.41) is 14.8.